The maximum atomic E-state index is 12.8. The summed E-state index contributed by atoms with van der Waals surface area (Å²) in [5.74, 6) is 2.31. The molecule has 7 nitrogen and oxygen atoms in total. The SMILES string of the molecule is Cc1cc(CN(C)S(=O)(=O)c2cccc(C(=O)N3CCSCC3)c2)no1. The summed E-state index contributed by atoms with van der Waals surface area (Å²) in [6, 6.07) is 7.91. The van der Waals surface area contributed by atoms with Gasteiger partial charge in [-0.1, -0.05) is 11.2 Å². The summed E-state index contributed by atoms with van der Waals surface area (Å²) in [6.07, 6.45) is 0. The summed E-state index contributed by atoms with van der Waals surface area (Å²) >= 11 is 1.82. The predicted molar refractivity (Wildman–Crippen MR) is 99.6 cm³/mol. The van der Waals surface area contributed by atoms with Crippen molar-refractivity contribution in [3.63, 3.8) is 0 Å². The van der Waals surface area contributed by atoms with E-state index in [0.29, 0.717) is 30.1 Å². The molecular formula is C17H21N3O4S2. The Morgan fingerprint density at radius 3 is 2.69 bits per heavy atom. The van der Waals surface area contributed by atoms with Crippen molar-refractivity contribution < 1.29 is 17.7 Å². The van der Waals surface area contributed by atoms with Gasteiger partial charge in [0.1, 0.15) is 5.76 Å². The fourth-order valence-electron chi connectivity index (χ4n) is 2.72. The number of nitrogens with zero attached hydrogens (tertiary/aromatic N) is 3. The van der Waals surface area contributed by atoms with Crippen LogP contribution in [0.2, 0.25) is 0 Å². The molecule has 1 saturated heterocycles. The largest absolute Gasteiger partial charge is 0.361 e. The molecule has 1 aromatic carbocycles. The molecule has 0 N–H and O–H groups in total. The summed E-state index contributed by atoms with van der Waals surface area (Å²) in [7, 11) is -2.26. The Morgan fingerprint density at radius 2 is 2.04 bits per heavy atom. The monoisotopic (exact) mass is 395 g/mol. The number of carbonyl (C=O) groups is 1. The lowest BCUT2D eigenvalue weighted by molar-refractivity contribution is 0.0772. The number of carbonyl (C=O) groups excluding carboxylic acids is 1. The van der Waals surface area contributed by atoms with E-state index in [-0.39, 0.29) is 17.3 Å². The first-order valence-corrected chi connectivity index (χ1v) is 10.8. The zero-order chi connectivity index (χ0) is 18.7. The third-order valence-corrected chi connectivity index (χ3v) is 6.89. The Hall–Kier alpha value is -1.84. The van der Waals surface area contributed by atoms with Crippen LogP contribution in [0.5, 0.6) is 0 Å². The van der Waals surface area contributed by atoms with Gasteiger partial charge in [0.15, 0.2) is 0 Å². The van der Waals surface area contributed by atoms with E-state index in [1.54, 1.807) is 30.0 Å². The first-order chi connectivity index (χ1) is 12.4. The molecule has 3 rings (SSSR count). The molecule has 2 aromatic rings. The molecule has 0 unspecified atom stereocenters. The third kappa shape index (κ3) is 4.11. The molecule has 0 saturated carbocycles. The Kier molecular flexibility index (Phi) is 5.69. The number of aryl methyl sites for hydroxylation is 1. The van der Waals surface area contributed by atoms with Crippen LogP contribution in [0.15, 0.2) is 39.8 Å². The second-order valence-electron chi connectivity index (χ2n) is 6.12. The van der Waals surface area contributed by atoms with Gasteiger partial charge in [0.25, 0.3) is 5.91 Å². The van der Waals surface area contributed by atoms with E-state index in [1.807, 2.05) is 11.8 Å². The summed E-state index contributed by atoms with van der Waals surface area (Å²) in [6.45, 7) is 3.22. The van der Waals surface area contributed by atoms with Crippen LogP contribution >= 0.6 is 11.8 Å². The fraction of sp³-hybridized carbons (Fsp3) is 0.412. The summed E-state index contributed by atoms with van der Waals surface area (Å²) < 4.78 is 31.8. The van der Waals surface area contributed by atoms with Gasteiger partial charge in [-0.3, -0.25) is 4.79 Å². The zero-order valence-corrected chi connectivity index (χ0v) is 16.3. The number of sulfonamides is 1. The minimum Gasteiger partial charge on any atom is -0.361 e. The number of rotatable bonds is 5. The number of hydrogen-bond acceptors (Lipinski definition) is 6. The lowest BCUT2D eigenvalue weighted by atomic mass is 10.2. The van der Waals surface area contributed by atoms with E-state index in [1.165, 1.54) is 23.5 Å². The van der Waals surface area contributed by atoms with E-state index in [2.05, 4.69) is 5.16 Å². The molecule has 26 heavy (non-hydrogen) atoms. The van der Waals surface area contributed by atoms with Crippen LogP contribution in [0.3, 0.4) is 0 Å². The molecule has 1 fully saturated rings. The van der Waals surface area contributed by atoms with Crippen molar-refractivity contribution in [1.82, 2.24) is 14.4 Å². The molecule has 0 bridgehead atoms. The van der Waals surface area contributed by atoms with Gasteiger partial charge in [0.2, 0.25) is 10.0 Å². The van der Waals surface area contributed by atoms with Gasteiger partial charge in [-0.15, -0.1) is 0 Å². The van der Waals surface area contributed by atoms with Crippen LogP contribution in [-0.2, 0) is 16.6 Å². The van der Waals surface area contributed by atoms with E-state index < -0.39 is 10.0 Å². The Morgan fingerprint density at radius 1 is 1.31 bits per heavy atom. The fourth-order valence-corrected chi connectivity index (χ4v) is 4.82. The number of thioether (sulfide) groups is 1. The minimum absolute atomic E-state index is 0.0949. The van der Waals surface area contributed by atoms with Crippen molar-refractivity contribution in [1.29, 1.82) is 0 Å². The minimum atomic E-state index is -3.74. The van der Waals surface area contributed by atoms with Crippen LogP contribution in [-0.4, -0.2) is 60.3 Å². The second-order valence-corrected chi connectivity index (χ2v) is 9.39. The maximum absolute atomic E-state index is 12.8. The Balaban J connectivity index is 1.80. The smallest absolute Gasteiger partial charge is 0.253 e. The number of benzene rings is 1. The first kappa shape index (κ1) is 18.9. The molecule has 9 heteroatoms. The lowest BCUT2D eigenvalue weighted by Gasteiger charge is -2.26. The van der Waals surface area contributed by atoms with Gasteiger partial charge < -0.3 is 9.42 Å². The van der Waals surface area contributed by atoms with Crippen LogP contribution < -0.4 is 0 Å². The zero-order valence-electron chi connectivity index (χ0n) is 14.7. The van der Waals surface area contributed by atoms with Gasteiger partial charge in [0, 0.05) is 43.3 Å². The van der Waals surface area contributed by atoms with E-state index in [9.17, 15) is 13.2 Å². The number of aromatic nitrogens is 1. The molecule has 1 aliphatic rings. The van der Waals surface area contributed by atoms with Crippen molar-refractivity contribution in [3.05, 3.63) is 47.3 Å². The van der Waals surface area contributed by atoms with Gasteiger partial charge in [0.05, 0.1) is 17.1 Å². The average molecular weight is 396 g/mol. The van der Waals surface area contributed by atoms with Crippen LogP contribution in [0.4, 0.5) is 0 Å². The molecule has 1 aromatic heterocycles. The summed E-state index contributed by atoms with van der Waals surface area (Å²) in [5, 5.41) is 3.83. The van der Waals surface area contributed by atoms with Crippen molar-refractivity contribution in [2.24, 2.45) is 0 Å². The number of hydrogen-bond donors (Lipinski definition) is 0. The predicted octanol–water partition coefficient (Wildman–Crippen LogP) is 1.99. The average Bonchev–Trinajstić information content (AvgIpc) is 3.06. The van der Waals surface area contributed by atoms with Gasteiger partial charge in [-0.25, -0.2) is 8.42 Å². The van der Waals surface area contributed by atoms with E-state index in [0.717, 1.165) is 11.5 Å². The highest BCUT2D eigenvalue weighted by Crippen LogP contribution is 2.20. The van der Waals surface area contributed by atoms with Crippen molar-refractivity contribution in [3.8, 4) is 0 Å². The lowest BCUT2D eigenvalue weighted by Crippen LogP contribution is -2.38. The second kappa shape index (κ2) is 7.81. The topological polar surface area (TPSA) is 83.7 Å². The quantitative estimate of drug-likeness (QED) is 0.770. The van der Waals surface area contributed by atoms with Crippen molar-refractivity contribution in [2.45, 2.75) is 18.4 Å². The molecule has 1 amide bonds. The first-order valence-electron chi connectivity index (χ1n) is 8.23. The third-order valence-electron chi connectivity index (χ3n) is 4.15. The maximum Gasteiger partial charge on any atom is 0.253 e. The van der Waals surface area contributed by atoms with Gasteiger partial charge in [-0.2, -0.15) is 16.1 Å². The highest BCUT2D eigenvalue weighted by atomic mass is 32.2. The molecular weight excluding hydrogens is 374 g/mol. The van der Waals surface area contributed by atoms with Gasteiger partial charge >= 0.3 is 0 Å². The van der Waals surface area contributed by atoms with Crippen LogP contribution in [0.1, 0.15) is 21.8 Å². The molecule has 0 radical (unpaired) electrons. The van der Waals surface area contributed by atoms with Crippen LogP contribution in [0, 0.1) is 6.92 Å². The summed E-state index contributed by atoms with van der Waals surface area (Å²) in [5.41, 5.74) is 0.926. The van der Waals surface area contributed by atoms with Crippen molar-refractivity contribution >= 4 is 27.7 Å². The highest BCUT2D eigenvalue weighted by Gasteiger charge is 2.24. The Bertz CT molecular complexity index is 889. The molecule has 2 heterocycles. The molecule has 0 atom stereocenters. The summed E-state index contributed by atoms with van der Waals surface area (Å²) in [4.78, 5) is 14.5. The highest BCUT2D eigenvalue weighted by molar-refractivity contribution is 7.99. The van der Waals surface area contributed by atoms with Crippen molar-refractivity contribution in [2.75, 3.05) is 31.6 Å². The molecule has 0 aliphatic carbocycles. The normalized spacial score (nSPS) is 15.4. The standard InChI is InChI=1S/C17H21N3O4S2/c1-13-10-15(18-24-13)12-19(2)26(22,23)16-5-3-4-14(11-16)17(21)20-6-8-25-9-7-20/h3-5,10-11H,6-9,12H2,1-2H3. The number of amides is 1. The molecule has 140 valence electrons. The van der Waals surface area contributed by atoms with E-state index >= 15 is 0 Å². The Labute approximate surface area is 157 Å². The van der Waals surface area contributed by atoms with Crippen LogP contribution in [0.25, 0.3) is 0 Å². The van der Waals surface area contributed by atoms with Gasteiger partial charge in [-0.05, 0) is 25.1 Å². The van der Waals surface area contributed by atoms with E-state index in [4.69, 9.17) is 4.52 Å². The molecule has 0 spiro atoms. The molecule has 1 aliphatic heterocycles.